The Morgan fingerprint density at radius 1 is 0.935 bits per heavy atom. The summed E-state index contributed by atoms with van der Waals surface area (Å²) in [5, 5.41) is 1.09. The van der Waals surface area contributed by atoms with Gasteiger partial charge >= 0.3 is 0 Å². The summed E-state index contributed by atoms with van der Waals surface area (Å²) < 4.78 is 13.7. The van der Waals surface area contributed by atoms with Crippen molar-refractivity contribution >= 4 is 22.8 Å². The molecular formula is C27H23NO3. The third-order valence-electron chi connectivity index (χ3n) is 5.44. The van der Waals surface area contributed by atoms with Gasteiger partial charge in [0, 0.05) is 29.7 Å². The molecule has 0 bridgehead atoms. The molecule has 154 valence electrons. The molecule has 0 unspecified atom stereocenters. The summed E-state index contributed by atoms with van der Waals surface area (Å²) in [7, 11) is 2.01. The fraction of sp³-hybridized carbons (Fsp3) is 0.148. The van der Waals surface area contributed by atoms with Crippen LogP contribution in [0.3, 0.4) is 0 Å². The maximum Gasteiger partial charge on any atom is 0.231 e. The average Bonchev–Trinajstić information content (AvgIpc) is 3.25. The van der Waals surface area contributed by atoms with Crippen molar-refractivity contribution in [3.8, 4) is 22.6 Å². The average molecular weight is 409 g/mol. The van der Waals surface area contributed by atoms with Crippen LogP contribution in [-0.4, -0.2) is 16.5 Å². The number of aromatic nitrogens is 1. The second-order valence-corrected chi connectivity index (χ2v) is 8.02. The largest absolute Gasteiger partial charge is 0.491 e. The lowest BCUT2D eigenvalue weighted by atomic mass is 9.98. The third kappa shape index (κ3) is 3.40. The maximum absolute atomic E-state index is 12.8. The molecule has 1 aromatic heterocycles. The van der Waals surface area contributed by atoms with Gasteiger partial charge in [-0.3, -0.25) is 4.79 Å². The number of carbonyl (C=O) groups excluding carboxylic acids is 1. The molecule has 0 fully saturated rings. The van der Waals surface area contributed by atoms with E-state index in [0.717, 1.165) is 33.3 Å². The van der Waals surface area contributed by atoms with Crippen LogP contribution >= 0.6 is 0 Å². The molecule has 0 amide bonds. The van der Waals surface area contributed by atoms with Crippen LogP contribution < -0.4 is 9.47 Å². The number of benzene rings is 3. The second kappa shape index (κ2) is 7.47. The summed E-state index contributed by atoms with van der Waals surface area (Å²) in [5.74, 6) is 1.73. The number of rotatable bonds is 4. The van der Waals surface area contributed by atoms with Crippen molar-refractivity contribution in [3.05, 3.63) is 89.8 Å². The number of nitrogens with zero attached hydrogens (tertiary/aromatic N) is 1. The Morgan fingerprint density at radius 3 is 2.42 bits per heavy atom. The Bertz CT molecular complexity index is 1330. The Hall–Kier alpha value is -3.79. The molecule has 0 N–H and O–H groups in total. The highest BCUT2D eigenvalue weighted by Crippen LogP contribution is 2.36. The lowest BCUT2D eigenvalue weighted by Gasteiger charge is -2.11. The van der Waals surface area contributed by atoms with Gasteiger partial charge in [-0.1, -0.05) is 36.4 Å². The minimum atomic E-state index is -0.0831. The van der Waals surface area contributed by atoms with Gasteiger partial charge in [-0.25, -0.2) is 0 Å². The van der Waals surface area contributed by atoms with Crippen LogP contribution in [-0.2, 0) is 7.05 Å². The minimum absolute atomic E-state index is 0.0831. The van der Waals surface area contributed by atoms with Crippen molar-refractivity contribution in [2.75, 3.05) is 0 Å². The molecule has 0 atom stereocenters. The molecule has 0 aliphatic carbocycles. The van der Waals surface area contributed by atoms with Gasteiger partial charge in [-0.2, -0.15) is 0 Å². The Morgan fingerprint density at radius 2 is 1.68 bits per heavy atom. The van der Waals surface area contributed by atoms with E-state index < -0.39 is 0 Å². The SMILES string of the molecule is CC(C)Oc1ccc(-c2cccc3c2c(C=C2Oc4ccccc4C2=O)cn3C)cc1. The van der Waals surface area contributed by atoms with E-state index in [-0.39, 0.29) is 11.9 Å². The van der Waals surface area contributed by atoms with Crippen molar-refractivity contribution < 1.29 is 14.3 Å². The standard InChI is InChI=1S/C27H23NO3/c1-17(2)30-20-13-11-18(12-14-20)21-8-6-9-23-26(21)19(16-28(23)3)15-25-27(29)22-7-4-5-10-24(22)31-25/h4-17H,1-3H3. The zero-order valence-electron chi connectivity index (χ0n) is 17.8. The number of carbonyl (C=O) groups is 1. The molecule has 1 aliphatic heterocycles. The number of Topliss-reactive ketones (excluding diaryl/α,β-unsaturated/α-hetero) is 1. The summed E-state index contributed by atoms with van der Waals surface area (Å²) in [6, 6.07) is 21.7. The first-order chi connectivity index (χ1) is 15.0. The highest BCUT2D eigenvalue weighted by Gasteiger charge is 2.27. The van der Waals surface area contributed by atoms with Crippen molar-refractivity contribution in [3.63, 3.8) is 0 Å². The van der Waals surface area contributed by atoms with Gasteiger partial charge in [0.1, 0.15) is 11.5 Å². The van der Waals surface area contributed by atoms with E-state index in [2.05, 4.69) is 34.9 Å². The molecule has 4 aromatic rings. The number of fused-ring (bicyclic) bond motifs is 2. The molecule has 4 nitrogen and oxygen atoms in total. The summed E-state index contributed by atoms with van der Waals surface area (Å²) >= 11 is 0. The van der Waals surface area contributed by atoms with E-state index in [1.165, 1.54) is 0 Å². The van der Waals surface area contributed by atoms with E-state index in [1.54, 1.807) is 6.07 Å². The number of para-hydroxylation sites is 1. The zero-order valence-corrected chi connectivity index (χ0v) is 17.8. The Balaban J connectivity index is 1.61. The first kappa shape index (κ1) is 19.2. The number of hydrogen-bond acceptors (Lipinski definition) is 3. The maximum atomic E-state index is 12.8. The van der Waals surface area contributed by atoms with Crippen molar-refractivity contribution in [1.29, 1.82) is 0 Å². The van der Waals surface area contributed by atoms with E-state index >= 15 is 0 Å². The second-order valence-electron chi connectivity index (χ2n) is 8.02. The molecule has 0 saturated carbocycles. The summed E-state index contributed by atoms with van der Waals surface area (Å²) in [5.41, 5.74) is 4.84. The number of allylic oxidation sites excluding steroid dienone is 1. The van der Waals surface area contributed by atoms with Crippen LogP contribution in [0.2, 0.25) is 0 Å². The minimum Gasteiger partial charge on any atom is -0.491 e. The van der Waals surface area contributed by atoms with Crippen LogP contribution in [0.5, 0.6) is 11.5 Å². The molecule has 1 aliphatic rings. The lowest BCUT2D eigenvalue weighted by Crippen LogP contribution is -2.05. The quantitative estimate of drug-likeness (QED) is 0.374. The van der Waals surface area contributed by atoms with Gasteiger partial charge in [-0.15, -0.1) is 0 Å². The smallest absolute Gasteiger partial charge is 0.231 e. The van der Waals surface area contributed by atoms with Crippen LogP contribution in [0, 0.1) is 0 Å². The molecule has 0 spiro atoms. The zero-order chi connectivity index (χ0) is 21.5. The third-order valence-corrected chi connectivity index (χ3v) is 5.44. The fourth-order valence-electron chi connectivity index (χ4n) is 4.09. The lowest BCUT2D eigenvalue weighted by molar-refractivity contribution is 0.101. The van der Waals surface area contributed by atoms with Gasteiger partial charge in [0.2, 0.25) is 5.78 Å². The summed E-state index contributed by atoms with van der Waals surface area (Å²) in [6.45, 7) is 4.03. The highest BCUT2D eigenvalue weighted by molar-refractivity contribution is 6.15. The molecule has 5 rings (SSSR count). The number of hydrogen-bond donors (Lipinski definition) is 0. The number of ether oxygens (including phenoxy) is 2. The van der Waals surface area contributed by atoms with Crippen molar-refractivity contribution in [2.24, 2.45) is 7.05 Å². The fourth-order valence-corrected chi connectivity index (χ4v) is 4.09. The Labute approximate surface area is 181 Å². The first-order valence-electron chi connectivity index (χ1n) is 10.4. The van der Waals surface area contributed by atoms with Gasteiger partial charge in [-0.05, 0) is 61.4 Å². The topological polar surface area (TPSA) is 40.5 Å². The molecule has 4 heteroatoms. The predicted octanol–water partition coefficient (Wildman–Crippen LogP) is 6.25. The number of ketones is 1. The van der Waals surface area contributed by atoms with Crippen molar-refractivity contribution in [2.45, 2.75) is 20.0 Å². The molecule has 0 radical (unpaired) electrons. The van der Waals surface area contributed by atoms with Crippen LogP contribution in [0.25, 0.3) is 28.1 Å². The van der Waals surface area contributed by atoms with E-state index in [0.29, 0.717) is 17.1 Å². The first-order valence-corrected chi connectivity index (χ1v) is 10.4. The predicted molar refractivity (Wildman–Crippen MR) is 123 cm³/mol. The molecule has 2 heterocycles. The van der Waals surface area contributed by atoms with E-state index in [9.17, 15) is 4.79 Å². The van der Waals surface area contributed by atoms with Gasteiger partial charge in [0.25, 0.3) is 0 Å². The molecule has 3 aromatic carbocycles. The molecule has 0 saturated heterocycles. The Kier molecular flexibility index (Phi) is 4.63. The van der Waals surface area contributed by atoms with Crippen LogP contribution in [0.15, 0.2) is 78.7 Å². The molecule has 31 heavy (non-hydrogen) atoms. The van der Waals surface area contributed by atoms with Crippen LogP contribution in [0.4, 0.5) is 0 Å². The number of aryl methyl sites for hydroxylation is 1. The van der Waals surface area contributed by atoms with Crippen molar-refractivity contribution in [1.82, 2.24) is 4.57 Å². The monoisotopic (exact) mass is 409 g/mol. The van der Waals surface area contributed by atoms with E-state index in [1.807, 2.05) is 63.5 Å². The molecular weight excluding hydrogens is 386 g/mol. The summed E-state index contributed by atoms with van der Waals surface area (Å²) in [4.78, 5) is 12.8. The highest BCUT2D eigenvalue weighted by atomic mass is 16.5. The van der Waals surface area contributed by atoms with E-state index in [4.69, 9.17) is 9.47 Å². The van der Waals surface area contributed by atoms with Gasteiger partial charge in [0.15, 0.2) is 5.76 Å². The van der Waals surface area contributed by atoms with Gasteiger partial charge in [0.05, 0.1) is 11.7 Å². The van der Waals surface area contributed by atoms with Crippen LogP contribution in [0.1, 0.15) is 29.8 Å². The van der Waals surface area contributed by atoms with Gasteiger partial charge < -0.3 is 14.0 Å². The normalized spacial score (nSPS) is 14.3. The summed E-state index contributed by atoms with van der Waals surface area (Å²) in [6.07, 6.45) is 4.02.